The molecule has 0 aromatic heterocycles. The lowest BCUT2D eigenvalue weighted by Gasteiger charge is -2.18. The van der Waals surface area contributed by atoms with Gasteiger partial charge in [0.1, 0.15) is 12.6 Å². The first-order valence-corrected chi connectivity index (χ1v) is 22.1. The number of esters is 1. The first-order valence-electron chi connectivity index (χ1n) is 22.1. The summed E-state index contributed by atoms with van der Waals surface area (Å²) < 4.78 is 6.01. The second-order valence-corrected chi connectivity index (χ2v) is 14.6. The lowest BCUT2D eigenvalue weighted by atomic mass is 10.0. The van der Waals surface area contributed by atoms with Crippen LogP contribution in [0, 0.1) is 0 Å². The molecule has 0 fully saturated rings. The smallest absolute Gasteiger partial charge is 0.322 e. The number of carbonyl (C=O) groups excluding carboxylic acids is 2. The van der Waals surface area contributed by atoms with Gasteiger partial charge in [0.2, 0.25) is 5.91 Å². The number of hydrogen-bond acceptors (Lipinski definition) is 4. The Labute approximate surface area is 332 Å². The van der Waals surface area contributed by atoms with Crippen LogP contribution in [0.4, 0.5) is 0 Å². The van der Waals surface area contributed by atoms with Gasteiger partial charge in [-0.15, -0.1) is 0 Å². The molecule has 0 aliphatic heterocycles. The largest absolute Gasteiger partial charge is 0.480 e. The maximum atomic E-state index is 12.8. The van der Waals surface area contributed by atoms with Crippen molar-refractivity contribution in [3.8, 4) is 0 Å². The van der Waals surface area contributed by atoms with E-state index in [0.717, 1.165) is 109 Å². The van der Waals surface area contributed by atoms with Crippen molar-refractivity contribution in [2.24, 2.45) is 0 Å². The molecular weight excluding hydrogens is 671 g/mol. The number of hydrogen-bond donors (Lipinski definition) is 2. The molecule has 0 radical (unpaired) electrons. The van der Waals surface area contributed by atoms with E-state index in [4.69, 9.17) is 9.84 Å². The summed E-state index contributed by atoms with van der Waals surface area (Å²) >= 11 is 0. The van der Waals surface area contributed by atoms with Crippen molar-refractivity contribution in [1.82, 2.24) is 5.32 Å². The van der Waals surface area contributed by atoms with Gasteiger partial charge in [0, 0.05) is 12.8 Å². The number of ether oxygens (including phenoxy) is 1. The molecule has 0 aromatic carbocycles. The highest BCUT2D eigenvalue weighted by Crippen LogP contribution is 2.18. The number of carboxylic acids is 1. The first-order chi connectivity index (χ1) is 26.5. The second kappa shape index (κ2) is 42.6. The fraction of sp³-hybridized carbons (Fsp3) is 0.688. The molecule has 0 aromatic rings. The molecule has 0 aliphatic carbocycles. The van der Waals surface area contributed by atoms with Crippen LogP contribution in [0.25, 0.3) is 0 Å². The van der Waals surface area contributed by atoms with E-state index >= 15 is 0 Å². The molecule has 0 aliphatic rings. The Bertz CT molecular complexity index is 1050. The highest BCUT2D eigenvalue weighted by molar-refractivity contribution is 5.80. The van der Waals surface area contributed by atoms with E-state index in [0.29, 0.717) is 12.8 Å². The first kappa shape index (κ1) is 50.9. The van der Waals surface area contributed by atoms with Crippen LogP contribution in [0.2, 0.25) is 0 Å². The zero-order valence-corrected chi connectivity index (χ0v) is 34.8. The summed E-state index contributed by atoms with van der Waals surface area (Å²) in [4.78, 5) is 35.1. The number of aliphatic carboxylic acids is 1. The molecule has 6 heteroatoms. The SMILES string of the molecule is CC/C=C\C/C=C\C/C=C\C/C=C\CCCCCCCCC(=O)OC(CCC/C=C\C/C=C\CCCCCCC)CCCCCCCC(=O)NCC(=O)O. The highest BCUT2D eigenvalue weighted by Gasteiger charge is 2.14. The zero-order valence-electron chi connectivity index (χ0n) is 34.8. The number of amides is 1. The molecule has 2 N–H and O–H groups in total. The van der Waals surface area contributed by atoms with E-state index in [1.807, 2.05) is 0 Å². The molecule has 0 heterocycles. The summed E-state index contributed by atoms with van der Waals surface area (Å²) in [6.45, 7) is 4.09. The number of allylic oxidation sites excluding steroid dienone is 12. The maximum Gasteiger partial charge on any atom is 0.322 e. The summed E-state index contributed by atoms with van der Waals surface area (Å²) in [5.41, 5.74) is 0. The van der Waals surface area contributed by atoms with Gasteiger partial charge in [-0.2, -0.15) is 0 Å². The molecule has 0 bridgehead atoms. The van der Waals surface area contributed by atoms with E-state index in [9.17, 15) is 14.4 Å². The highest BCUT2D eigenvalue weighted by atomic mass is 16.5. The van der Waals surface area contributed by atoms with Gasteiger partial charge in [-0.25, -0.2) is 0 Å². The van der Waals surface area contributed by atoms with Crippen LogP contribution < -0.4 is 5.32 Å². The maximum absolute atomic E-state index is 12.8. The van der Waals surface area contributed by atoms with Crippen molar-refractivity contribution in [2.45, 2.75) is 206 Å². The molecule has 0 rings (SSSR count). The zero-order chi connectivity index (χ0) is 39.4. The standard InChI is InChI=1S/C48H81NO5/c1-3-5-7-9-11-13-15-17-18-19-20-21-22-24-26-28-30-35-39-43-48(53)54-45(41-37-33-31-34-38-42-46(50)49-44-47(51)52)40-36-32-29-27-25-23-16-14-12-10-8-6-4-2/h5,7,11,13,16-18,20-21,23,27,29,45H,3-4,6,8-10,12,14-15,19,22,24-26,28,30-44H2,1-2H3,(H,49,50)(H,51,52)/b7-5-,13-11-,18-17-,21-20-,23-16-,29-27-. The monoisotopic (exact) mass is 752 g/mol. The molecule has 1 amide bonds. The lowest BCUT2D eigenvalue weighted by Crippen LogP contribution is -2.28. The Morgan fingerprint density at radius 1 is 0.500 bits per heavy atom. The molecule has 0 saturated heterocycles. The number of carboxylic acid groups (broad SMARTS) is 1. The quantitative estimate of drug-likeness (QED) is 0.0371. The minimum atomic E-state index is -1.02. The fourth-order valence-corrected chi connectivity index (χ4v) is 6.13. The van der Waals surface area contributed by atoms with E-state index in [-0.39, 0.29) is 24.5 Å². The number of rotatable bonds is 39. The van der Waals surface area contributed by atoms with Crippen LogP contribution >= 0.6 is 0 Å². The number of carbonyl (C=O) groups is 3. The van der Waals surface area contributed by atoms with Gasteiger partial charge in [-0.1, -0.05) is 157 Å². The van der Waals surface area contributed by atoms with E-state index in [1.54, 1.807) is 0 Å². The molecule has 1 unspecified atom stereocenters. The normalized spacial score (nSPS) is 12.8. The van der Waals surface area contributed by atoms with Crippen LogP contribution in [-0.2, 0) is 19.1 Å². The van der Waals surface area contributed by atoms with E-state index in [1.165, 1.54) is 64.2 Å². The molecule has 1 atom stereocenters. The summed E-state index contributed by atoms with van der Waals surface area (Å²) in [5.74, 6) is -1.28. The lowest BCUT2D eigenvalue weighted by molar-refractivity contribution is -0.150. The Hall–Kier alpha value is -3.15. The Morgan fingerprint density at radius 2 is 0.926 bits per heavy atom. The van der Waals surface area contributed by atoms with Crippen LogP contribution in [0.5, 0.6) is 0 Å². The summed E-state index contributed by atoms with van der Waals surface area (Å²) in [7, 11) is 0. The minimum Gasteiger partial charge on any atom is -0.480 e. The van der Waals surface area contributed by atoms with Crippen molar-refractivity contribution in [2.75, 3.05) is 6.54 Å². The van der Waals surface area contributed by atoms with Gasteiger partial charge in [0.05, 0.1) is 0 Å². The summed E-state index contributed by atoms with van der Waals surface area (Å²) in [6.07, 6.45) is 57.4. The molecular formula is C48H81NO5. The second-order valence-electron chi connectivity index (χ2n) is 14.6. The number of unbranched alkanes of at least 4 members (excludes halogenated alkanes) is 16. The van der Waals surface area contributed by atoms with E-state index < -0.39 is 5.97 Å². The minimum absolute atomic E-state index is 0.0290. The van der Waals surface area contributed by atoms with Gasteiger partial charge in [-0.3, -0.25) is 14.4 Å². The van der Waals surface area contributed by atoms with Crippen molar-refractivity contribution in [1.29, 1.82) is 0 Å². The topological polar surface area (TPSA) is 92.7 Å². The molecule has 0 saturated carbocycles. The average Bonchev–Trinajstić information content (AvgIpc) is 3.16. The Morgan fingerprint density at radius 3 is 1.46 bits per heavy atom. The fourth-order valence-electron chi connectivity index (χ4n) is 6.13. The van der Waals surface area contributed by atoms with Gasteiger partial charge in [-0.05, 0) is 103 Å². The predicted molar refractivity (Wildman–Crippen MR) is 231 cm³/mol. The third kappa shape index (κ3) is 41.6. The van der Waals surface area contributed by atoms with Crippen LogP contribution in [0.15, 0.2) is 72.9 Å². The Balaban J connectivity index is 4.26. The van der Waals surface area contributed by atoms with E-state index in [2.05, 4.69) is 92.1 Å². The third-order valence-electron chi connectivity index (χ3n) is 9.36. The number of nitrogens with one attached hydrogen (secondary N) is 1. The van der Waals surface area contributed by atoms with Crippen LogP contribution in [-0.4, -0.2) is 35.6 Å². The van der Waals surface area contributed by atoms with Crippen molar-refractivity contribution in [3.05, 3.63) is 72.9 Å². The van der Waals surface area contributed by atoms with Gasteiger partial charge < -0.3 is 15.2 Å². The van der Waals surface area contributed by atoms with Gasteiger partial charge >= 0.3 is 11.9 Å². The van der Waals surface area contributed by atoms with Gasteiger partial charge in [0.25, 0.3) is 0 Å². The average molecular weight is 752 g/mol. The van der Waals surface area contributed by atoms with Crippen molar-refractivity contribution < 1.29 is 24.2 Å². The van der Waals surface area contributed by atoms with Crippen molar-refractivity contribution in [3.63, 3.8) is 0 Å². The molecule has 54 heavy (non-hydrogen) atoms. The molecule has 308 valence electrons. The van der Waals surface area contributed by atoms with Crippen LogP contribution in [0.1, 0.15) is 200 Å². The molecule has 0 spiro atoms. The van der Waals surface area contributed by atoms with Crippen LogP contribution in [0.3, 0.4) is 0 Å². The summed E-state index contributed by atoms with van der Waals surface area (Å²) in [6, 6.07) is 0. The molecule has 6 nitrogen and oxygen atoms in total. The Kier molecular flexibility index (Phi) is 40.1. The van der Waals surface area contributed by atoms with Crippen molar-refractivity contribution >= 4 is 17.8 Å². The summed E-state index contributed by atoms with van der Waals surface area (Å²) in [5, 5.41) is 11.1. The third-order valence-corrected chi connectivity index (χ3v) is 9.36. The predicted octanol–water partition coefficient (Wildman–Crippen LogP) is 13.8. The van der Waals surface area contributed by atoms with Gasteiger partial charge in [0.15, 0.2) is 0 Å².